The van der Waals surface area contributed by atoms with Gasteiger partial charge in [-0.2, -0.15) is 0 Å². The molecule has 0 aliphatic rings. The van der Waals surface area contributed by atoms with Crippen molar-refractivity contribution in [3.8, 4) is 0 Å². The van der Waals surface area contributed by atoms with E-state index in [0.717, 1.165) is 17.7 Å². The van der Waals surface area contributed by atoms with Crippen LogP contribution in [0, 0.1) is 12.7 Å². The molecule has 106 valence electrons. The Morgan fingerprint density at radius 3 is 2.75 bits per heavy atom. The van der Waals surface area contributed by atoms with Gasteiger partial charge in [-0.1, -0.05) is 0 Å². The van der Waals surface area contributed by atoms with E-state index in [1.165, 1.54) is 6.20 Å². The van der Waals surface area contributed by atoms with Gasteiger partial charge in [-0.15, -0.1) is 0 Å². The summed E-state index contributed by atoms with van der Waals surface area (Å²) in [4.78, 5) is 3.71. The van der Waals surface area contributed by atoms with Crippen molar-refractivity contribution in [2.45, 2.75) is 11.8 Å². The first-order valence-electron chi connectivity index (χ1n) is 5.49. The molecular weight excluding hydrogens is 349 g/mol. The summed E-state index contributed by atoms with van der Waals surface area (Å²) in [6.45, 7) is 1.74. The third-order valence-corrected chi connectivity index (χ3v) is 4.95. The van der Waals surface area contributed by atoms with E-state index in [9.17, 15) is 12.8 Å². The number of nitrogen functional groups attached to an aromatic ring is 1. The van der Waals surface area contributed by atoms with E-state index >= 15 is 0 Å². The molecule has 20 heavy (non-hydrogen) atoms. The molecule has 0 saturated heterocycles. The zero-order valence-corrected chi connectivity index (χ0v) is 12.8. The summed E-state index contributed by atoms with van der Waals surface area (Å²) >= 11 is 3.02. The molecule has 0 bridgehead atoms. The van der Waals surface area contributed by atoms with Gasteiger partial charge in [0.15, 0.2) is 0 Å². The third-order valence-electron chi connectivity index (χ3n) is 2.62. The van der Waals surface area contributed by atoms with Crippen molar-refractivity contribution in [2.75, 3.05) is 10.5 Å². The number of anilines is 2. The maximum absolute atomic E-state index is 13.3. The zero-order valence-electron chi connectivity index (χ0n) is 10.4. The molecule has 0 spiro atoms. The Hall–Kier alpha value is -1.67. The van der Waals surface area contributed by atoms with E-state index in [4.69, 9.17) is 5.73 Å². The minimum Gasteiger partial charge on any atom is -0.396 e. The Bertz CT molecular complexity index is 765. The number of pyridine rings is 1. The van der Waals surface area contributed by atoms with E-state index in [1.54, 1.807) is 19.2 Å². The van der Waals surface area contributed by atoms with E-state index in [0.29, 0.717) is 5.69 Å². The van der Waals surface area contributed by atoms with Gasteiger partial charge in [0, 0.05) is 10.7 Å². The van der Waals surface area contributed by atoms with Crippen LogP contribution in [-0.4, -0.2) is 13.4 Å². The Morgan fingerprint density at radius 2 is 2.10 bits per heavy atom. The van der Waals surface area contributed by atoms with E-state index < -0.39 is 15.8 Å². The van der Waals surface area contributed by atoms with Crippen molar-refractivity contribution in [1.29, 1.82) is 0 Å². The lowest BCUT2D eigenvalue weighted by atomic mass is 10.3. The van der Waals surface area contributed by atoms with Gasteiger partial charge in [0.25, 0.3) is 10.0 Å². The van der Waals surface area contributed by atoms with Gasteiger partial charge in [0.1, 0.15) is 10.7 Å². The van der Waals surface area contributed by atoms with Crippen molar-refractivity contribution < 1.29 is 12.8 Å². The lowest BCUT2D eigenvalue weighted by Crippen LogP contribution is -2.15. The van der Waals surface area contributed by atoms with Gasteiger partial charge in [-0.05, 0) is 46.6 Å². The molecule has 0 amide bonds. The number of hydrogen-bond acceptors (Lipinski definition) is 4. The highest BCUT2D eigenvalue weighted by Crippen LogP contribution is 2.28. The predicted molar refractivity (Wildman–Crippen MR) is 78.3 cm³/mol. The summed E-state index contributed by atoms with van der Waals surface area (Å²) in [6.07, 6.45) is 2.95. The van der Waals surface area contributed by atoms with Crippen molar-refractivity contribution in [3.05, 3.63) is 46.4 Å². The minimum absolute atomic E-state index is 0.0956. The second-order valence-corrected chi connectivity index (χ2v) is 6.61. The summed E-state index contributed by atoms with van der Waals surface area (Å²) in [6, 6.07) is 3.75. The molecule has 0 saturated carbocycles. The average Bonchev–Trinajstić information content (AvgIpc) is 2.36. The molecule has 3 N–H and O–H groups in total. The number of rotatable bonds is 3. The number of halogens is 2. The highest BCUT2D eigenvalue weighted by atomic mass is 79.9. The predicted octanol–water partition coefficient (Wildman–Crippen LogP) is 2.67. The molecule has 2 rings (SSSR count). The Morgan fingerprint density at radius 1 is 1.40 bits per heavy atom. The maximum Gasteiger partial charge on any atom is 0.263 e. The zero-order chi connectivity index (χ0) is 14.9. The van der Waals surface area contributed by atoms with Crippen LogP contribution in [0.1, 0.15) is 5.56 Å². The van der Waals surface area contributed by atoms with Gasteiger partial charge in [-0.25, -0.2) is 12.8 Å². The molecular formula is C12H11BrFN3O2S. The number of benzene rings is 1. The third kappa shape index (κ3) is 2.91. The number of nitrogens with two attached hydrogens (primary N) is 1. The molecule has 8 heteroatoms. The van der Waals surface area contributed by atoms with Gasteiger partial charge >= 0.3 is 0 Å². The fourth-order valence-electron chi connectivity index (χ4n) is 1.52. The second kappa shape index (κ2) is 5.37. The smallest absolute Gasteiger partial charge is 0.263 e. The van der Waals surface area contributed by atoms with E-state index in [2.05, 4.69) is 25.6 Å². The number of aryl methyl sites for hydroxylation is 1. The molecule has 0 radical (unpaired) electrons. The molecule has 0 unspecified atom stereocenters. The molecule has 0 aliphatic heterocycles. The van der Waals surface area contributed by atoms with Gasteiger partial charge in [-0.3, -0.25) is 9.71 Å². The Balaban J connectivity index is 2.47. The molecule has 0 aliphatic carbocycles. The summed E-state index contributed by atoms with van der Waals surface area (Å²) in [7, 11) is -3.89. The quantitative estimate of drug-likeness (QED) is 0.825. The molecule has 1 aromatic heterocycles. The van der Waals surface area contributed by atoms with Crippen molar-refractivity contribution in [2.24, 2.45) is 0 Å². The standard InChI is InChI=1S/C12H11BrFN3O2S/c1-7-2-3-16-6-11(7)17-20(18,19)12-5-10(15)9(14)4-8(12)13/h2-6,17H,15H2,1H3. The van der Waals surface area contributed by atoms with Gasteiger partial charge < -0.3 is 5.73 Å². The minimum atomic E-state index is -3.89. The van der Waals surface area contributed by atoms with Gasteiger partial charge in [0.2, 0.25) is 0 Å². The first-order valence-corrected chi connectivity index (χ1v) is 7.77. The van der Waals surface area contributed by atoms with Crippen LogP contribution in [0.5, 0.6) is 0 Å². The molecule has 0 fully saturated rings. The first-order chi connectivity index (χ1) is 9.31. The largest absolute Gasteiger partial charge is 0.396 e. The van der Waals surface area contributed by atoms with Crippen LogP contribution < -0.4 is 10.5 Å². The summed E-state index contributed by atoms with van der Waals surface area (Å²) < 4.78 is 40.3. The van der Waals surface area contributed by atoms with Crippen LogP contribution in [0.2, 0.25) is 0 Å². The lowest BCUT2D eigenvalue weighted by molar-refractivity contribution is 0.599. The van der Waals surface area contributed by atoms with Gasteiger partial charge in [0.05, 0.1) is 17.6 Å². The van der Waals surface area contributed by atoms with Crippen molar-refractivity contribution in [1.82, 2.24) is 4.98 Å². The topological polar surface area (TPSA) is 85.1 Å². The normalized spacial score (nSPS) is 11.3. The highest BCUT2D eigenvalue weighted by molar-refractivity contribution is 9.10. The molecule has 1 heterocycles. The van der Waals surface area contributed by atoms with Crippen LogP contribution in [-0.2, 0) is 10.0 Å². The number of sulfonamides is 1. The SMILES string of the molecule is Cc1ccncc1NS(=O)(=O)c1cc(N)c(F)cc1Br. The van der Waals surface area contributed by atoms with Crippen LogP contribution >= 0.6 is 15.9 Å². The molecule has 1 aromatic carbocycles. The average molecular weight is 360 g/mol. The van der Waals surface area contributed by atoms with Crippen LogP contribution in [0.25, 0.3) is 0 Å². The van der Waals surface area contributed by atoms with Crippen LogP contribution in [0.3, 0.4) is 0 Å². The Kier molecular flexibility index (Phi) is 3.96. The van der Waals surface area contributed by atoms with Crippen molar-refractivity contribution in [3.63, 3.8) is 0 Å². The second-order valence-electron chi connectivity index (χ2n) is 4.10. The van der Waals surface area contributed by atoms with E-state index in [-0.39, 0.29) is 15.1 Å². The fourth-order valence-corrected chi connectivity index (χ4v) is 3.69. The summed E-state index contributed by atoms with van der Waals surface area (Å²) in [5, 5.41) is 0. The fraction of sp³-hybridized carbons (Fsp3) is 0.0833. The number of nitrogens with zero attached hydrogens (tertiary/aromatic N) is 1. The van der Waals surface area contributed by atoms with Crippen molar-refractivity contribution >= 4 is 37.3 Å². The number of nitrogens with one attached hydrogen (secondary N) is 1. The monoisotopic (exact) mass is 359 g/mol. The van der Waals surface area contributed by atoms with Crippen LogP contribution in [0.15, 0.2) is 40.0 Å². The highest BCUT2D eigenvalue weighted by Gasteiger charge is 2.20. The first kappa shape index (κ1) is 14.7. The number of hydrogen-bond donors (Lipinski definition) is 2. The number of aromatic nitrogens is 1. The summed E-state index contributed by atoms with van der Waals surface area (Å²) in [5.74, 6) is -0.687. The Labute approximate surface area is 124 Å². The molecule has 0 atom stereocenters. The maximum atomic E-state index is 13.3. The lowest BCUT2D eigenvalue weighted by Gasteiger charge is -2.12. The van der Waals surface area contributed by atoms with Crippen LogP contribution in [0.4, 0.5) is 15.8 Å². The van der Waals surface area contributed by atoms with E-state index in [1.807, 2.05) is 0 Å². The summed E-state index contributed by atoms with van der Waals surface area (Å²) in [5.41, 5.74) is 6.24. The molecule has 2 aromatic rings. The molecule has 5 nitrogen and oxygen atoms in total.